The number of alkyl carbamates (subject to hydrolysis) is 2. The third kappa shape index (κ3) is 9.57. The number of carbonyl (C=O) groups is 4. The number of rotatable bonds is 12. The summed E-state index contributed by atoms with van der Waals surface area (Å²) in [5, 5.41) is 5.06. The van der Waals surface area contributed by atoms with Gasteiger partial charge in [0.05, 0.1) is 0 Å². The molecule has 0 unspecified atom stereocenters. The Hall–Kier alpha value is -4.86. The first-order valence-electron chi connectivity index (χ1n) is 15.4. The molecule has 0 saturated heterocycles. The van der Waals surface area contributed by atoms with Crippen LogP contribution in [-0.2, 0) is 35.1 Å². The Kier molecular flexibility index (Phi) is 11.4. The molecule has 3 aromatic rings. The van der Waals surface area contributed by atoms with Crippen molar-refractivity contribution in [3.8, 4) is 11.1 Å². The molecular weight excluding hydrogens is 588 g/mol. The molecule has 2 amide bonds. The highest BCUT2D eigenvalue weighted by Gasteiger charge is 2.32. The molecule has 1 aliphatic carbocycles. The largest absolute Gasteiger partial charge is 0.461 e. The molecule has 0 saturated carbocycles. The normalized spacial score (nSPS) is 13.5. The van der Waals surface area contributed by atoms with E-state index in [1.165, 1.54) is 0 Å². The zero-order valence-electron chi connectivity index (χ0n) is 26.9. The van der Waals surface area contributed by atoms with E-state index in [1.807, 2.05) is 68.4 Å². The quantitative estimate of drug-likeness (QED) is 0.181. The summed E-state index contributed by atoms with van der Waals surface area (Å²) >= 11 is 0. The fourth-order valence-electron chi connectivity index (χ4n) is 5.18. The topological polar surface area (TPSA) is 129 Å². The number of hydrogen-bond acceptors (Lipinski definition) is 8. The van der Waals surface area contributed by atoms with Crippen LogP contribution in [0.3, 0.4) is 0 Å². The lowest BCUT2D eigenvalue weighted by Gasteiger charge is -2.24. The first kappa shape index (κ1) is 34.0. The van der Waals surface area contributed by atoms with Crippen LogP contribution in [0.1, 0.15) is 63.6 Å². The van der Waals surface area contributed by atoms with Crippen molar-refractivity contribution in [3.63, 3.8) is 0 Å². The number of benzene rings is 3. The SMILES string of the molecule is CC(C)C[C@H](NC(=O)OCC1c2ccccc2-c2ccccc21)C(=O)OC[C@H](NC(=O)OC(C)(C)C)C(=O)OCc1ccccc1. The number of nitrogens with one attached hydrogen (secondary N) is 2. The highest BCUT2D eigenvalue weighted by molar-refractivity contribution is 5.84. The van der Waals surface area contributed by atoms with Crippen LogP contribution in [0.4, 0.5) is 9.59 Å². The first-order valence-corrected chi connectivity index (χ1v) is 15.4. The highest BCUT2D eigenvalue weighted by atomic mass is 16.6. The van der Waals surface area contributed by atoms with Crippen LogP contribution in [0.25, 0.3) is 11.1 Å². The maximum absolute atomic E-state index is 13.2. The zero-order valence-corrected chi connectivity index (χ0v) is 26.9. The van der Waals surface area contributed by atoms with Gasteiger partial charge in [-0.25, -0.2) is 19.2 Å². The van der Waals surface area contributed by atoms with Gasteiger partial charge in [-0.3, -0.25) is 0 Å². The molecule has 3 aromatic carbocycles. The van der Waals surface area contributed by atoms with Crippen LogP contribution in [0, 0.1) is 5.92 Å². The minimum Gasteiger partial charge on any atom is -0.461 e. The van der Waals surface area contributed by atoms with E-state index in [4.69, 9.17) is 18.9 Å². The van der Waals surface area contributed by atoms with Crippen LogP contribution >= 0.6 is 0 Å². The summed E-state index contributed by atoms with van der Waals surface area (Å²) in [4.78, 5) is 51.7. The Morgan fingerprint density at radius 3 is 1.83 bits per heavy atom. The van der Waals surface area contributed by atoms with Crippen LogP contribution in [0.15, 0.2) is 78.9 Å². The molecule has 4 rings (SSSR count). The number of fused-ring (bicyclic) bond motifs is 3. The van der Waals surface area contributed by atoms with Gasteiger partial charge in [0, 0.05) is 5.92 Å². The summed E-state index contributed by atoms with van der Waals surface area (Å²) in [7, 11) is 0. The fraction of sp³-hybridized carbons (Fsp3) is 0.389. The van der Waals surface area contributed by atoms with E-state index in [-0.39, 0.29) is 31.5 Å². The van der Waals surface area contributed by atoms with Crippen molar-refractivity contribution in [1.29, 1.82) is 0 Å². The maximum atomic E-state index is 13.2. The molecule has 0 aromatic heterocycles. The molecule has 2 atom stereocenters. The number of esters is 2. The molecule has 10 heteroatoms. The third-order valence-corrected chi connectivity index (χ3v) is 7.22. The van der Waals surface area contributed by atoms with E-state index in [9.17, 15) is 19.2 Å². The predicted molar refractivity (Wildman–Crippen MR) is 172 cm³/mol. The molecule has 2 N–H and O–H groups in total. The number of amides is 2. The van der Waals surface area contributed by atoms with Crippen LogP contribution in [0.5, 0.6) is 0 Å². The maximum Gasteiger partial charge on any atom is 0.408 e. The Balaban J connectivity index is 1.38. The molecular formula is C36H42N2O8. The second-order valence-corrected chi connectivity index (χ2v) is 12.6. The molecule has 10 nitrogen and oxygen atoms in total. The average Bonchev–Trinajstić information content (AvgIpc) is 3.33. The van der Waals surface area contributed by atoms with Crippen molar-refractivity contribution in [2.45, 2.75) is 71.2 Å². The average molecular weight is 631 g/mol. The van der Waals surface area contributed by atoms with E-state index in [0.717, 1.165) is 27.8 Å². The van der Waals surface area contributed by atoms with Gasteiger partial charge in [-0.05, 0) is 60.9 Å². The second-order valence-electron chi connectivity index (χ2n) is 12.6. The van der Waals surface area contributed by atoms with Crippen molar-refractivity contribution in [2.24, 2.45) is 5.92 Å². The van der Waals surface area contributed by atoms with Crippen molar-refractivity contribution in [1.82, 2.24) is 10.6 Å². The number of carbonyl (C=O) groups excluding carboxylic acids is 4. The van der Waals surface area contributed by atoms with Gasteiger partial charge in [0.15, 0.2) is 6.04 Å². The lowest BCUT2D eigenvalue weighted by atomic mass is 9.98. The molecule has 0 aliphatic heterocycles. The van der Waals surface area contributed by atoms with Crippen molar-refractivity contribution in [2.75, 3.05) is 13.2 Å². The summed E-state index contributed by atoms with van der Waals surface area (Å²) in [6.45, 7) is 8.34. The van der Waals surface area contributed by atoms with Crippen LogP contribution < -0.4 is 10.6 Å². The Labute approximate surface area is 269 Å². The van der Waals surface area contributed by atoms with Gasteiger partial charge in [-0.2, -0.15) is 0 Å². The number of ether oxygens (including phenoxy) is 4. The molecule has 244 valence electrons. The first-order chi connectivity index (χ1) is 21.9. The summed E-state index contributed by atoms with van der Waals surface area (Å²) in [5.74, 6) is -1.73. The Bertz CT molecular complexity index is 1470. The molecule has 0 spiro atoms. The van der Waals surface area contributed by atoms with Crippen molar-refractivity contribution >= 4 is 24.1 Å². The van der Waals surface area contributed by atoms with Gasteiger partial charge >= 0.3 is 24.1 Å². The van der Waals surface area contributed by atoms with E-state index >= 15 is 0 Å². The molecule has 0 heterocycles. The summed E-state index contributed by atoms with van der Waals surface area (Å²) < 4.78 is 21.8. The van der Waals surface area contributed by atoms with E-state index in [0.29, 0.717) is 0 Å². The van der Waals surface area contributed by atoms with Gasteiger partial charge < -0.3 is 29.6 Å². The molecule has 0 bridgehead atoms. The fourth-order valence-corrected chi connectivity index (χ4v) is 5.18. The number of hydrogen-bond donors (Lipinski definition) is 2. The van der Waals surface area contributed by atoms with Gasteiger partial charge in [0.25, 0.3) is 0 Å². The minimum absolute atomic E-state index is 0.0120. The van der Waals surface area contributed by atoms with E-state index in [1.54, 1.807) is 45.0 Å². The summed E-state index contributed by atoms with van der Waals surface area (Å²) in [6.07, 6.45) is -1.39. The molecule has 0 radical (unpaired) electrons. The van der Waals surface area contributed by atoms with Crippen molar-refractivity contribution < 1.29 is 38.1 Å². The lowest BCUT2D eigenvalue weighted by molar-refractivity contribution is -0.154. The van der Waals surface area contributed by atoms with E-state index < -0.39 is 48.4 Å². The Morgan fingerprint density at radius 2 is 1.24 bits per heavy atom. The molecule has 46 heavy (non-hydrogen) atoms. The molecule has 0 fully saturated rings. The third-order valence-electron chi connectivity index (χ3n) is 7.22. The summed E-state index contributed by atoms with van der Waals surface area (Å²) in [6, 6.07) is 22.6. The predicted octanol–water partition coefficient (Wildman–Crippen LogP) is 6.12. The van der Waals surface area contributed by atoms with E-state index in [2.05, 4.69) is 10.6 Å². The standard InChI is InChI=1S/C36H42N2O8/c1-23(2)19-30(37-34(41)45-21-29-27-17-11-9-15-25(27)26-16-10-12-18-28(26)29)32(39)44-22-31(38-35(42)46-36(3,4)5)33(40)43-20-24-13-7-6-8-14-24/h6-18,23,29-31H,19-22H2,1-5H3,(H,37,41)(H,38,42)/t30-,31-/m0/s1. The second kappa shape index (κ2) is 15.4. The van der Waals surface area contributed by atoms with Gasteiger partial charge in [-0.1, -0.05) is 92.7 Å². The van der Waals surface area contributed by atoms with Crippen molar-refractivity contribution in [3.05, 3.63) is 95.6 Å². The lowest BCUT2D eigenvalue weighted by Crippen LogP contribution is -2.49. The van der Waals surface area contributed by atoms with Crippen LogP contribution in [0.2, 0.25) is 0 Å². The van der Waals surface area contributed by atoms with Gasteiger partial charge in [0.1, 0.15) is 31.5 Å². The zero-order chi connectivity index (χ0) is 33.3. The Morgan fingerprint density at radius 1 is 0.696 bits per heavy atom. The monoisotopic (exact) mass is 630 g/mol. The molecule has 1 aliphatic rings. The minimum atomic E-state index is -1.35. The van der Waals surface area contributed by atoms with Crippen LogP contribution in [-0.4, -0.2) is 55.0 Å². The van der Waals surface area contributed by atoms with Gasteiger partial charge in [0.2, 0.25) is 0 Å². The summed E-state index contributed by atoms with van der Waals surface area (Å²) in [5.41, 5.74) is 4.26. The smallest absolute Gasteiger partial charge is 0.408 e. The van der Waals surface area contributed by atoms with Gasteiger partial charge in [-0.15, -0.1) is 0 Å². The highest BCUT2D eigenvalue weighted by Crippen LogP contribution is 2.44.